The van der Waals surface area contributed by atoms with Crippen LogP contribution in [0, 0.1) is 0 Å². The maximum absolute atomic E-state index is 6.51. The van der Waals surface area contributed by atoms with E-state index < -0.39 is 0 Å². The zero-order valence-corrected chi connectivity index (χ0v) is 32.1. The van der Waals surface area contributed by atoms with E-state index in [1.165, 1.54) is 38.6 Å². The van der Waals surface area contributed by atoms with Crippen molar-refractivity contribution in [3.8, 4) is 78.7 Å². The minimum atomic E-state index is 0.557. The van der Waals surface area contributed by atoms with E-state index in [1.54, 1.807) is 0 Å². The van der Waals surface area contributed by atoms with Crippen molar-refractivity contribution in [1.29, 1.82) is 0 Å². The molecule has 1 aliphatic carbocycles. The maximum Gasteiger partial charge on any atom is 0.167 e. The Morgan fingerprint density at radius 3 is 1.58 bits per heavy atom. The van der Waals surface area contributed by atoms with Crippen molar-refractivity contribution in [2.24, 2.45) is 0 Å². The van der Waals surface area contributed by atoms with Gasteiger partial charge in [0, 0.05) is 38.2 Å². The molecule has 0 atom stereocenters. The van der Waals surface area contributed by atoms with Gasteiger partial charge >= 0.3 is 0 Å². The standard InChI is InChI=1S/C55H31N3O2/c1-2-12-33(13-3-1)53-56-54(58-55(57-53)45-21-11-20-43-38-16-6-8-22-46(38)60-52(43)45)34-26-24-32(25-27-34)35-30-31-48-51(44-17-7-9-23-47(44)59-48)50(35)42-29-28-41-37-15-5-4-14-36(37)39-18-10-19-40(42)49(39)41/h1-31H. The van der Waals surface area contributed by atoms with Crippen molar-refractivity contribution >= 4 is 54.6 Å². The van der Waals surface area contributed by atoms with Gasteiger partial charge in [-0.3, -0.25) is 0 Å². The molecule has 278 valence electrons. The molecule has 0 saturated carbocycles. The Hall–Kier alpha value is -8.15. The fourth-order valence-electron chi connectivity index (χ4n) is 9.43. The number of fused-ring (bicyclic) bond motifs is 9. The molecule has 5 nitrogen and oxygen atoms in total. The minimum Gasteiger partial charge on any atom is -0.456 e. The smallest absolute Gasteiger partial charge is 0.167 e. The molecule has 3 heterocycles. The van der Waals surface area contributed by atoms with Crippen LogP contribution in [-0.2, 0) is 0 Å². The van der Waals surface area contributed by atoms with Crippen LogP contribution in [0.1, 0.15) is 0 Å². The quantitative estimate of drug-likeness (QED) is 0.175. The van der Waals surface area contributed by atoms with Crippen molar-refractivity contribution in [1.82, 2.24) is 15.0 Å². The number of furan rings is 2. The number of para-hydroxylation sites is 3. The SMILES string of the molecule is c1ccc(-c2nc(-c3ccc(-c4ccc5oc6ccccc6c5c4-c4ccc5c6c(cccc46)-c4ccccc4-5)cc3)nc(-c3cccc4c3oc3ccccc34)n2)cc1. The van der Waals surface area contributed by atoms with Crippen LogP contribution in [0.2, 0.25) is 0 Å². The summed E-state index contributed by atoms with van der Waals surface area (Å²) in [7, 11) is 0. The second kappa shape index (κ2) is 12.7. The average molecular weight is 766 g/mol. The zero-order chi connectivity index (χ0) is 39.3. The first-order chi connectivity index (χ1) is 29.7. The van der Waals surface area contributed by atoms with Gasteiger partial charge in [-0.05, 0) is 74.0 Å². The first kappa shape index (κ1) is 32.9. The van der Waals surface area contributed by atoms with E-state index in [4.69, 9.17) is 23.8 Å². The Balaban J connectivity index is 0.999. The van der Waals surface area contributed by atoms with Gasteiger partial charge in [-0.2, -0.15) is 0 Å². The van der Waals surface area contributed by atoms with Crippen molar-refractivity contribution in [3.05, 3.63) is 188 Å². The Morgan fingerprint density at radius 2 is 0.800 bits per heavy atom. The van der Waals surface area contributed by atoms with Gasteiger partial charge in [-0.25, -0.2) is 15.0 Å². The van der Waals surface area contributed by atoms with Gasteiger partial charge < -0.3 is 8.83 Å². The van der Waals surface area contributed by atoms with Crippen molar-refractivity contribution < 1.29 is 8.83 Å². The summed E-state index contributed by atoms with van der Waals surface area (Å²) < 4.78 is 13.0. The summed E-state index contributed by atoms with van der Waals surface area (Å²) in [6, 6.07) is 65.7. The Bertz CT molecular complexity index is 3680. The summed E-state index contributed by atoms with van der Waals surface area (Å²) >= 11 is 0. The fraction of sp³-hybridized carbons (Fsp3) is 0. The van der Waals surface area contributed by atoms with Crippen LogP contribution in [-0.4, -0.2) is 15.0 Å². The highest BCUT2D eigenvalue weighted by atomic mass is 16.3. The van der Waals surface area contributed by atoms with Crippen molar-refractivity contribution in [2.45, 2.75) is 0 Å². The summed E-state index contributed by atoms with van der Waals surface area (Å²) in [6.45, 7) is 0. The Morgan fingerprint density at radius 1 is 0.267 bits per heavy atom. The zero-order valence-electron chi connectivity index (χ0n) is 32.1. The van der Waals surface area contributed by atoms with Gasteiger partial charge in [-0.15, -0.1) is 0 Å². The van der Waals surface area contributed by atoms with Gasteiger partial charge in [0.25, 0.3) is 0 Å². The average Bonchev–Trinajstić information content (AvgIpc) is 4.00. The maximum atomic E-state index is 6.51. The molecule has 0 aliphatic heterocycles. The molecule has 0 saturated heterocycles. The molecule has 5 heteroatoms. The first-order valence-corrected chi connectivity index (χ1v) is 20.2. The number of benzene rings is 9. The van der Waals surface area contributed by atoms with E-state index in [0.717, 1.165) is 77.3 Å². The van der Waals surface area contributed by atoms with Crippen LogP contribution in [0.25, 0.3) is 133 Å². The summed E-state index contributed by atoms with van der Waals surface area (Å²) in [5, 5.41) is 6.81. The summed E-state index contributed by atoms with van der Waals surface area (Å²) in [5.41, 5.74) is 15.6. The van der Waals surface area contributed by atoms with Crippen LogP contribution in [0.5, 0.6) is 0 Å². The second-order valence-electron chi connectivity index (χ2n) is 15.4. The van der Waals surface area contributed by atoms with Crippen molar-refractivity contribution in [2.75, 3.05) is 0 Å². The number of nitrogens with zero attached hydrogens (tertiary/aromatic N) is 3. The first-order valence-electron chi connectivity index (χ1n) is 20.2. The molecule has 0 radical (unpaired) electrons. The predicted octanol–water partition coefficient (Wildman–Crippen LogP) is 14.8. The third-order valence-corrected chi connectivity index (χ3v) is 12.1. The lowest BCUT2D eigenvalue weighted by Crippen LogP contribution is -2.00. The fourth-order valence-corrected chi connectivity index (χ4v) is 9.43. The Kier molecular flexibility index (Phi) is 6.95. The van der Waals surface area contributed by atoms with E-state index >= 15 is 0 Å². The van der Waals surface area contributed by atoms with Crippen LogP contribution >= 0.6 is 0 Å². The number of hydrogen-bond donors (Lipinski definition) is 0. The molecule has 0 spiro atoms. The highest BCUT2D eigenvalue weighted by molar-refractivity contribution is 6.23. The summed E-state index contributed by atoms with van der Waals surface area (Å²) in [5.74, 6) is 1.74. The molecule has 3 aromatic heterocycles. The molecule has 9 aromatic carbocycles. The number of aromatic nitrogens is 3. The Labute approximate surface area is 343 Å². The van der Waals surface area contributed by atoms with E-state index in [0.29, 0.717) is 17.5 Å². The highest BCUT2D eigenvalue weighted by Crippen LogP contribution is 2.52. The third-order valence-electron chi connectivity index (χ3n) is 12.1. The normalized spacial score (nSPS) is 12.0. The highest BCUT2D eigenvalue weighted by Gasteiger charge is 2.25. The van der Waals surface area contributed by atoms with Gasteiger partial charge in [-0.1, -0.05) is 164 Å². The van der Waals surface area contributed by atoms with E-state index in [9.17, 15) is 0 Å². The molecule has 0 N–H and O–H groups in total. The minimum absolute atomic E-state index is 0.557. The molecular weight excluding hydrogens is 735 g/mol. The molecule has 0 unspecified atom stereocenters. The van der Waals surface area contributed by atoms with Gasteiger partial charge in [0.2, 0.25) is 0 Å². The monoisotopic (exact) mass is 765 g/mol. The van der Waals surface area contributed by atoms with Gasteiger partial charge in [0.15, 0.2) is 17.5 Å². The molecule has 1 aliphatic rings. The number of hydrogen-bond acceptors (Lipinski definition) is 5. The lowest BCUT2D eigenvalue weighted by atomic mass is 9.87. The molecule has 13 rings (SSSR count). The van der Waals surface area contributed by atoms with Gasteiger partial charge in [0.05, 0.1) is 5.56 Å². The van der Waals surface area contributed by atoms with Crippen LogP contribution < -0.4 is 0 Å². The third kappa shape index (κ3) is 4.84. The molecule has 0 bridgehead atoms. The van der Waals surface area contributed by atoms with E-state index in [-0.39, 0.29) is 0 Å². The van der Waals surface area contributed by atoms with E-state index in [2.05, 4.69) is 121 Å². The van der Waals surface area contributed by atoms with Gasteiger partial charge in [0.1, 0.15) is 22.3 Å². The predicted molar refractivity (Wildman–Crippen MR) is 243 cm³/mol. The molecule has 0 fully saturated rings. The van der Waals surface area contributed by atoms with Crippen molar-refractivity contribution in [3.63, 3.8) is 0 Å². The van der Waals surface area contributed by atoms with Crippen LogP contribution in [0.3, 0.4) is 0 Å². The summed E-state index contributed by atoms with van der Waals surface area (Å²) in [6.07, 6.45) is 0. The largest absolute Gasteiger partial charge is 0.456 e. The van der Waals surface area contributed by atoms with Crippen LogP contribution in [0.4, 0.5) is 0 Å². The molecule has 60 heavy (non-hydrogen) atoms. The number of rotatable bonds is 5. The van der Waals surface area contributed by atoms with E-state index in [1.807, 2.05) is 66.7 Å². The molecular formula is C55H31N3O2. The lowest BCUT2D eigenvalue weighted by molar-refractivity contribution is 0.669. The van der Waals surface area contributed by atoms with Crippen LogP contribution in [0.15, 0.2) is 197 Å². The molecule has 12 aromatic rings. The summed E-state index contributed by atoms with van der Waals surface area (Å²) in [4.78, 5) is 15.2. The second-order valence-corrected chi connectivity index (χ2v) is 15.4. The molecule has 0 amide bonds. The topological polar surface area (TPSA) is 65.0 Å². The lowest BCUT2D eigenvalue weighted by Gasteiger charge is -2.16.